The quantitative estimate of drug-likeness (QED) is 0.691. The van der Waals surface area contributed by atoms with Gasteiger partial charge in [0.1, 0.15) is 0 Å². The van der Waals surface area contributed by atoms with E-state index >= 15 is 0 Å². The van der Waals surface area contributed by atoms with Crippen LogP contribution in [0.5, 0.6) is 0 Å². The molecule has 0 bridgehead atoms. The van der Waals surface area contributed by atoms with E-state index in [1.807, 2.05) is 20.2 Å². The fraction of sp³-hybridized carbons (Fsp3) is 0.556. The van der Waals surface area contributed by atoms with Crippen molar-refractivity contribution in [3.8, 4) is 0 Å². The fourth-order valence-electron chi connectivity index (χ4n) is 1.14. The average Bonchev–Trinajstić information content (AvgIpc) is 2.59. The van der Waals surface area contributed by atoms with E-state index in [9.17, 15) is 4.79 Å². The van der Waals surface area contributed by atoms with Crippen LogP contribution in [0.3, 0.4) is 0 Å². The second-order valence-corrected chi connectivity index (χ2v) is 3.24. The lowest BCUT2D eigenvalue weighted by molar-refractivity contribution is -0.122. The molecule has 1 heterocycles. The first-order chi connectivity index (χ1) is 6.63. The van der Waals surface area contributed by atoms with Crippen LogP contribution < -0.4 is 10.6 Å². The molecule has 1 amide bonds. The van der Waals surface area contributed by atoms with E-state index in [2.05, 4.69) is 15.7 Å². The third-order valence-corrected chi connectivity index (χ3v) is 2.01. The van der Waals surface area contributed by atoms with E-state index in [0.717, 1.165) is 5.56 Å². The summed E-state index contributed by atoms with van der Waals surface area (Å²) in [7, 11) is 3.50. The van der Waals surface area contributed by atoms with Gasteiger partial charge in [0.15, 0.2) is 0 Å². The molecule has 0 spiro atoms. The summed E-state index contributed by atoms with van der Waals surface area (Å²) in [5, 5.41) is 9.72. The van der Waals surface area contributed by atoms with Crippen LogP contribution in [0, 0.1) is 0 Å². The van der Waals surface area contributed by atoms with Crippen molar-refractivity contribution in [2.75, 3.05) is 7.05 Å². The Kier molecular flexibility index (Phi) is 3.64. The van der Waals surface area contributed by atoms with Crippen molar-refractivity contribution < 1.29 is 4.79 Å². The first-order valence-corrected chi connectivity index (χ1v) is 4.56. The van der Waals surface area contributed by atoms with Crippen LogP contribution >= 0.6 is 0 Å². The van der Waals surface area contributed by atoms with E-state index in [-0.39, 0.29) is 11.9 Å². The Hall–Kier alpha value is -1.36. The summed E-state index contributed by atoms with van der Waals surface area (Å²) in [4.78, 5) is 11.1. The van der Waals surface area contributed by atoms with E-state index < -0.39 is 0 Å². The van der Waals surface area contributed by atoms with E-state index in [4.69, 9.17) is 0 Å². The Bertz CT molecular complexity index is 308. The maximum absolute atomic E-state index is 11.1. The Balaban J connectivity index is 2.37. The Labute approximate surface area is 83.5 Å². The Morgan fingerprint density at radius 1 is 1.71 bits per heavy atom. The van der Waals surface area contributed by atoms with Gasteiger partial charge in [-0.3, -0.25) is 9.48 Å². The minimum atomic E-state index is -0.180. The number of carbonyl (C=O) groups excluding carboxylic acids is 1. The normalized spacial score (nSPS) is 12.5. The number of aryl methyl sites for hydroxylation is 1. The van der Waals surface area contributed by atoms with Crippen LogP contribution in [0.4, 0.5) is 0 Å². The monoisotopic (exact) mass is 196 g/mol. The third kappa shape index (κ3) is 2.85. The van der Waals surface area contributed by atoms with Crippen molar-refractivity contribution >= 4 is 5.91 Å². The summed E-state index contributed by atoms with van der Waals surface area (Å²) in [6, 6.07) is -0.180. The van der Waals surface area contributed by atoms with Crippen LogP contribution in [-0.4, -0.2) is 28.8 Å². The molecule has 0 aliphatic carbocycles. The highest BCUT2D eigenvalue weighted by Gasteiger charge is 2.09. The molecule has 0 aromatic carbocycles. The van der Waals surface area contributed by atoms with Crippen LogP contribution in [0.1, 0.15) is 12.5 Å². The van der Waals surface area contributed by atoms with Crippen LogP contribution in [0.25, 0.3) is 0 Å². The highest BCUT2D eigenvalue weighted by atomic mass is 16.2. The van der Waals surface area contributed by atoms with E-state index in [1.165, 1.54) is 0 Å². The van der Waals surface area contributed by atoms with Crippen LogP contribution in [0.2, 0.25) is 0 Å². The molecule has 0 radical (unpaired) electrons. The maximum atomic E-state index is 11.1. The zero-order chi connectivity index (χ0) is 10.6. The molecule has 0 aliphatic rings. The largest absolute Gasteiger partial charge is 0.358 e. The predicted molar refractivity (Wildman–Crippen MR) is 53.6 cm³/mol. The van der Waals surface area contributed by atoms with Crippen molar-refractivity contribution in [3.63, 3.8) is 0 Å². The second kappa shape index (κ2) is 4.76. The van der Waals surface area contributed by atoms with Crippen molar-refractivity contribution in [1.29, 1.82) is 0 Å². The van der Waals surface area contributed by atoms with E-state index in [1.54, 1.807) is 17.9 Å². The molecule has 5 nitrogen and oxygen atoms in total. The number of rotatable bonds is 4. The summed E-state index contributed by atoms with van der Waals surface area (Å²) in [5.74, 6) is -0.00566. The molecule has 5 heteroatoms. The predicted octanol–water partition coefficient (Wildman–Crippen LogP) is -0.356. The average molecular weight is 196 g/mol. The molecule has 1 unspecified atom stereocenters. The minimum absolute atomic E-state index is 0.00566. The van der Waals surface area contributed by atoms with Gasteiger partial charge in [0.05, 0.1) is 12.2 Å². The van der Waals surface area contributed by atoms with Gasteiger partial charge in [-0.05, 0) is 6.92 Å². The fourth-order valence-corrected chi connectivity index (χ4v) is 1.14. The molecule has 78 valence electrons. The molecular weight excluding hydrogens is 180 g/mol. The van der Waals surface area contributed by atoms with Gasteiger partial charge >= 0.3 is 0 Å². The summed E-state index contributed by atoms with van der Waals surface area (Å²) in [6.45, 7) is 2.48. The molecule has 14 heavy (non-hydrogen) atoms. The first kappa shape index (κ1) is 10.7. The Morgan fingerprint density at radius 3 is 2.93 bits per heavy atom. The van der Waals surface area contributed by atoms with Gasteiger partial charge in [0, 0.05) is 32.4 Å². The highest BCUT2D eigenvalue weighted by Crippen LogP contribution is 1.95. The zero-order valence-corrected chi connectivity index (χ0v) is 8.74. The van der Waals surface area contributed by atoms with Crippen molar-refractivity contribution in [2.24, 2.45) is 7.05 Å². The molecule has 2 N–H and O–H groups in total. The number of carbonyl (C=O) groups is 1. The molecular formula is C9H16N4O. The summed E-state index contributed by atoms with van der Waals surface area (Å²) < 4.78 is 1.74. The van der Waals surface area contributed by atoms with Crippen LogP contribution in [0.15, 0.2) is 12.4 Å². The maximum Gasteiger partial charge on any atom is 0.236 e. The molecule has 0 fully saturated rings. The molecule has 0 aliphatic heterocycles. The van der Waals surface area contributed by atoms with Gasteiger partial charge in [0.2, 0.25) is 5.91 Å². The van der Waals surface area contributed by atoms with Crippen molar-refractivity contribution in [2.45, 2.75) is 19.5 Å². The molecule has 1 aromatic heterocycles. The van der Waals surface area contributed by atoms with Gasteiger partial charge in [-0.25, -0.2) is 0 Å². The second-order valence-electron chi connectivity index (χ2n) is 3.24. The van der Waals surface area contributed by atoms with Crippen molar-refractivity contribution in [3.05, 3.63) is 18.0 Å². The van der Waals surface area contributed by atoms with E-state index in [0.29, 0.717) is 6.54 Å². The zero-order valence-electron chi connectivity index (χ0n) is 8.74. The van der Waals surface area contributed by atoms with Crippen LogP contribution in [-0.2, 0) is 18.4 Å². The molecule has 1 rings (SSSR count). The topological polar surface area (TPSA) is 59.0 Å². The number of nitrogens with zero attached hydrogens (tertiary/aromatic N) is 2. The number of nitrogens with one attached hydrogen (secondary N) is 2. The van der Waals surface area contributed by atoms with Gasteiger partial charge in [0.25, 0.3) is 0 Å². The van der Waals surface area contributed by atoms with Gasteiger partial charge in [-0.1, -0.05) is 0 Å². The smallest absolute Gasteiger partial charge is 0.236 e. The molecule has 0 saturated heterocycles. The molecule has 1 aromatic rings. The number of amides is 1. The number of hydrogen-bond donors (Lipinski definition) is 2. The lowest BCUT2D eigenvalue weighted by Crippen LogP contribution is -2.40. The molecule has 1 atom stereocenters. The minimum Gasteiger partial charge on any atom is -0.358 e. The highest BCUT2D eigenvalue weighted by molar-refractivity contribution is 5.80. The lowest BCUT2D eigenvalue weighted by Gasteiger charge is -2.10. The first-order valence-electron chi connectivity index (χ1n) is 4.56. The van der Waals surface area contributed by atoms with Crippen molar-refractivity contribution in [1.82, 2.24) is 20.4 Å². The summed E-state index contributed by atoms with van der Waals surface area (Å²) >= 11 is 0. The number of hydrogen-bond acceptors (Lipinski definition) is 3. The standard InChI is InChI=1S/C9H16N4O/c1-7(9(14)10-2)11-4-8-5-12-13(3)6-8/h5-7,11H,4H2,1-3H3,(H,10,14). The number of aromatic nitrogens is 2. The summed E-state index contributed by atoms with van der Waals surface area (Å²) in [6.07, 6.45) is 3.70. The number of likely N-dealkylation sites (N-methyl/N-ethyl adjacent to an activating group) is 1. The Morgan fingerprint density at radius 2 is 2.43 bits per heavy atom. The third-order valence-electron chi connectivity index (χ3n) is 2.01. The SMILES string of the molecule is CNC(=O)C(C)NCc1cnn(C)c1. The van der Waals surface area contributed by atoms with Gasteiger partial charge < -0.3 is 10.6 Å². The van der Waals surface area contributed by atoms with Gasteiger partial charge in [-0.2, -0.15) is 5.10 Å². The lowest BCUT2D eigenvalue weighted by atomic mass is 10.3. The summed E-state index contributed by atoms with van der Waals surface area (Å²) in [5.41, 5.74) is 1.07. The molecule has 0 saturated carbocycles. The van der Waals surface area contributed by atoms with Gasteiger partial charge in [-0.15, -0.1) is 0 Å².